The van der Waals surface area contributed by atoms with Gasteiger partial charge in [0, 0.05) is 19.1 Å². The van der Waals surface area contributed by atoms with Crippen LogP contribution in [0.2, 0.25) is 0 Å². The van der Waals surface area contributed by atoms with Gasteiger partial charge in [-0.05, 0) is 43.5 Å². The van der Waals surface area contributed by atoms with E-state index in [0.29, 0.717) is 12.0 Å². The lowest BCUT2D eigenvalue weighted by Crippen LogP contribution is -2.36. The highest BCUT2D eigenvalue weighted by atomic mass is 15.2. The van der Waals surface area contributed by atoms with Crippen molar-refractivity contribution < 1.29 is 0 Å². The number of nitriles is 1. The number of hydrogen-bond acceptors (Lipinski definition) is 3. The second-order valence-electron chi connectivity index (χ2n) is 6.48. The van der Waals surface area contributed by atoms with E-state index in [-0.39, 0.29) is 0 Å². The van der Waals surface area contributed by atoms with Crippen molar-refractivity contribution in [1.29, 1.82) is 5.26 Å². The van der Waals surface area contributed by atoms with Crippen LogP contribution in [0.3, 0.4) is 0 Å². The van der Waals surface area contributed by atoms with Gasteiger partial charge in [0.15, 0.2) is 0 Å². The molecule has 1 aromatic rings. The molecule has 1 aromatic carbocycles. The summed E-state index contributed by atoms with van der Waals surface area (Å²) in [5.74, 6) is 0.606. The maximum absolute atomic E-state index is 9.54. The Kier molecular flexibility index (Phi) is 5.64. The van der Waals surface area contributed by atoms with E-state index in [1.54, 1.807) is 0 Å². The van der Waals surface area contributed by atoms with Gasteiger partial charge >= 0.3 is 0 Å². The van der Waals surface area contributed by atoms with E-state index in [2.05, 4.69) is 42.3 Å². The van der Waals surface area contributed by atoms with Crippen LogP contribution in [0, 0.1) is 17.2 Å². The third-order valence-electron chi connectivity index (χ3n) is 4.20. The van der Waals surface area contributed by atoms with E-state index < -0.39 is 0 Å². The summed E-state index contributed by atoms with van der Waals surface area (Å²) in [5.41, 5.74) is 3.11. The highest BCUT2D eigenvalue weighted by Crippen LogP contribution is 2.31. The number of anilines is 1. The van der Waals surface area contributed by atoms with Crippen LogP contribution in [0.25, 0.3) is 0 Å². The van der Waals surface area contributed by atoms with Gasteiger partial charge in [0.2, 0.25) is 0 Å². The molecule has 0 aliphatic heterocycles. The molecule has 0 amide bonds. The molecule has 0 unspecified atom stereocenters. The van der Waals surface area contributed by atoms with Crippen LogP contribution in [0.1, 0.15) is 50.7 Å². The zero-order chi connectivity index (χ0) is 15.2. The largest absolute Gasteiger partial charge is 0.367 e. The molecule has 1 aliphatic rings. The van der Waals surface area contributed by atoms with E-state index in [0.717, 1.165) is 24.3 Å². The van der Waals surface area contributed by atoms with Crippen molar-refractivity contribution in [2.75, 3.05) is 18.5 Å². The second kappa shape index (κ2) is 7.47. The molecule has 3 nitrogen and oxygen atoms in total. The van der Waals surface area contributed by atoms with Crippen LogP contribution < -0.4 is 10.2 Å². The Labute approximate surface area is 129 Å². The Morgan fingerprint density at radius 1 is 1.33 bits per heavy atom. The molecule has 0 atom stereocenters. The zero-order valence-electron chi connectivity index (χ0n) is 13.5. The van der Waals surface area contributed by atoms with Gasteiger partial charge in [0.05, 0.1) is 11.3 Å². The van der Waals surface area contributed by atoms with Gasteiger partial charge in [-0.25, -0.2) is 0 Å². The standard InChI is InChI=1S/C18H27N3/c1-14(2)13-21(17-6-4-5-7-17)18-9-8-15(12-20-3)10-16(18)11-19/h8-10,14,17,20H,4-7,12-13H2,1-3H3. The van der Waals surface area contributed by atoms with Crippen LogP contribution in [0.5, 0.6) is 0 Å². The second-order valence-corrected chi connectivity index (χ2v) is 6.48. The van der Waals surface area contributed by atoms with Crippen molar-refractivity contribution in [3.63, 3.8) is 0 Å². The molecular weight excluding hydrogens is 258 g/mol. The Bertz CT molecular complexity index is 496. The predicted molar refractivity (Wildman–Crippen MR) is 88.4 cm³/mol. The molecule has 3 heteroatoms. The smallest absolute Gasteiger partial charge is 0.101 e. The molecule has 2 rings (SSSR count). The third-order valence-corrected chi connectivity index (χ3v) is 4.20. The molecule has 1 fully saturated rings. The number of rotatable bonds is 6. The van der Waals surface area contributed by atoms with Gasteiger partial charge in [-0.2, -0.15) is 5.26 Å². The molecule has 0 radical (unpaired) electrons. The minimum atomic E-state index is 0.606. The first kappa shape index (κ1) is 15.9. The summed E-state index contributed by atoms with van der Waals surface area (Å²) < 4.78 is 0. The molecule has 114 valence electrons. The van der Waals surface area contributed by atoms with Gasteiger partial charge in [0.25, 0.3) is 0 Å². The minimum Gasteiger partial charge on any atom is -0.367 e. The Morgan fingerprint density at radius 2 is 2.05 bits per heavy atom. The fourth-order valence-corrected chi connectivity index (χ4v) is 3.29. The monoisotopic (exact) mass is 285 g/mol. The summed E-state index contributed by atoms with van der Waals surface area (Å²) in [7, 11) is 1.93. The van der Waals surface area contributed by atoms with Crippen molar-refractivity contribution >= 4 is 5.69 Å². The molecule has 1 aliphatic carbocycles. The maximum atomic E-state index is 9.54. The van der Waals surface area contributed by atoms with Crippen molar-refractivity contribution in [3.8, 4) is 6.07 Å². The average molecular weight is 285 g/mol. The van der Waals surface area contributed by atoms with Crippen LogP contribution in [-0.4, -0.2) is 19.6 Å². The average Bonchev–Trinajstić information content (AvgIpc) is 2.99. The lowest BCUT2D eigenvalue weighted by molar-refractivity contribution is 0.535. The molecule has 0 bridgehead atoms. The SMILES string of the molecule is CNCc1ccc(N(CC(C)C)C2CCCC2)c(C#N)c1. The van der Waals surface area contributed by atoms with Gasteiger partial charge in [-0.3, -0.25) is 0 Å². The first-order valence-electron chi connectivity index (χ1n) is 8.10. The zero-order valence-corrected chi connectivity index (χ0v) is 13.5. The molecular formula is C18H27N3. The topological polar surface area (TPSA) is 39.1 Å². The van der Waals surface area contributed by atoms with Crippen LogP contribution in [0.4, 0.5) is 5.69 Å². The van der Waals surface area contributed by atoms with Gasteiger partial charge in [-0.1, -0.05) is 32.8 Å². The van der Waals surface area contributed by atoms with E-state index in [1.807, 2.05) is 13.1 Å². The summed E-state index contributed by atoms with van der Waals surface area (Å²) in [6, 6.07) is 9.34. The van der Waals surface area contributed by atoms with Crippen LogP contribution in [-0.2, 0) is 6.54 Å². The number of benzene rings is 1. The molecule has 21 heavy (non-hydrogen) atoms. The van der Waals surface area contributed by atoms with Crippen molar-refractivity contribution in [1.82, 2.24) is 5.32 Å². The summed E-state index contributed by atoms with van der Waals surface area (Å²) in [4.78, 5) is 2.49. The first-order valence-corrected chi connectivity index (χ1v) is 8.10. The summed E-state index contributed by atoms with van der Waals surface area (Å²) >= 11 is 0. The van der Waals surface area contributed by atoms with Crippen molar-refractivity contribution in [2.45, 2.75) is 52.1 Å². The Balaban J connectivity index is 2.32. The predicted octanol–water partition coefficient (Wildman–Crippen LogP) is 3.68. The van der Waals surface area contributed by atoms with Crippen LogP contribution >= 0.6 is 0 Å². The van der Waals surface area contributed by atoms with E-state index in [1.165, 1.54) is 31.2 Å². The van der Waals surface area contributed by atoms with Gasteiger partial charge in [-0.15, -0.1) is 0 Å². The van der Waals surface area contributed by atoms with Gasteiger partial charge in [0.1, 0.15) is 6.07 Å². The van der Waals surface area contributed by atoms with E-state index in [9.17, 15) is 5.26 Å². The molecule has 0 saturated heterocycles. The molecule has 0 heterocycles. The highest BCUT2D eigenvalue weighted by Gasteiger charge is 2.25. The van der Waals surface area contributed by atoms with E-state index >= 15 is 0 Å². The number of nitrogens with zero attached hydrogens (tertiary/aromatic N) is 2. The summed E-state index contributed by atoms with van der Waals surface area (Å²) in [6.07, 6.45) is 5.16. The maximum Gasteiger partial charge on any atom is 0.101 e. The van der Waals surface area contributed by atoms with Crippen molar-refractivity contribution in [2.24, 2.45) is 5.92 Å². The summed E-state index contributed by atoms with van der Waals surface area (Å²) in [5, 5.41) is 12.7. The fraction of sp³-hybridized carbons (Fsp3) is 0.611. The van der Waals surface area contributed by atoms with Crippen molar-refractivity contribution in [3.05, 3.63) is 29.3 Å². The molecule has 1 saturated carbocycles. The highest BCUT2D eigenvalue weighted by molar-refractivity contribution is 5.61. The third kappa shape index (κ3) is 3.98. The lowest BCUT2D eigenvalue weighted by Gasteiger charge is -2.33. The number of hydrogen-bond donors (Lipinski definition) is 1. The normalized spacial score (nSPS) is 15.4. The fourth-order valence-electron chi connectivity index (χ4n) is 3.29. The first-order chi connectivity index (χ1) is 10.2. The van der Waals surface area contributed by atoms with Crippen LogP contribution in [0.15, 0.2) is 18.2 Å². The molecule has 1 N–H and O–H groups in total. The van der Waals surface area contributed by atoms with E-state index in [4.69, 9.17) is 0 Å². The molecule has 0 aromatic heterocycles. The quantitative estimate of drug-likeness (QED) is 0.866. The summed E-state index contributed by atoms with van der Waals surface area (Å²) in [6.45, 7) is 6.35. The van der Waals surface area contributed by atoms with Gasteiger partial charge < -0.3 is 10.2 Å². The Morgan fingerprint density at radius 3 is 2.62 bits per heavy atom. The lowest BCUT2D eigenvalue weighted by atomic mass is 10.0. The minimum absolute atomic E-state index is 0.606. The number of nitrogens with one attached hydrogen (secondary N) is 1. The molecule has 0 spiro atoms. The Hall–Kier alpha value is -1.53.